The van der Waals surface area contributed by atoms with E-state index in [1.165, 1.54) is 19.3 Å². The van der Waals surface area contributed by atoms with Crippen LogP contribution in [0.15, 0.2) is 30.3 Å². The Morgan fingerprint density at radius 1 is 0.806 bits per heavy atom. The Morgan fingerprint density at radius 3 is 1.87 bits per heavy atom. The molecule has 0 aliphatic carbocycles. The second-order valence-corrected chi connectivity index (χ2v) is 8.60. The van der Waals surface area contributed by atoms with Crippen LogP contribution in [0.3, 0.4) is 0 Å². The molecule has 1 unspecified atom stereocenters. The van der Waals surface area contributed by atoms with Crippen LogP contribution >= 0.6 is 0 Å². The highest BCUT2D eigenvalue weighted by atomic mass is 19.4. The third-order valence-electron chi connectivity index (χ3n) is 5.80. The smallest absolute Gasteiger partial charge is 0.391 e. The molecule has 0 N–H and O–H groups in total. The van der Waals surface area contributed by atoms with Crippen molar-refractivity contribution in [1.82, 2.24) is 0 Å². The van der Waals surface area contributed by atoms with Gasteiger partial charge in [-0.2, -0.15) is 13.2 Å². The average Bonchev–Trinajstić information content (AvgIpc) is 2.74. The van der Waals surface area contributed by atoms with Crippen molar-refractivity contribution in [2.75, 3.05) is 0 Å². The molecule has 0 aliphatic heterocycles. The van der Waals surface area contributed by atoms with E-state index in [-0.39, 0.29) is 25.4 Å². The molecule has 5 heteroatoms. The van der Waals surface area contributed by atoms with Crippen LogP contribution in [-0.2, 0) is 16.1 Å². The van der Waals surface area contributed by atoms with E-state index in [0.29, 0.717) is 19.3 Å². The van der Waals surface area contributed by atoms with Crippen molar-refractivity contribution in [2.24, 2.45) is 5.92 Å². The van der Waals surface area contributed by atoms with Gasteiger partial charge in [0.25, 0.3) is 0 Å². The van der Waals surface area contributed by atoms with Gasteiger partial charge >= 0.3 is 12.1 Å². The number of benzene rings is 1. The average molecular weight is 443 g/mol. The minimum absolute atomic E-state index is 0.212. The number of unbranched alkanes of at least 4 members (excludes halogenated alkanes) is 10. The quantitative estimate of drug-likeness (QED) is 0.168. The van der Waals surface area contributed by atoms with E-state index >= 15 is 0 Å². The van der Waals surface area contributed by atoms with Crippen molar-refractivity contribution in [2.45, 2.75) is 116 Å². The number of hydrogen-bond acceptors (Lipinski definition) is 2. The molecular weight excluding hydrogens is 401 g/mol. The standard InChI is InChI=1S/C26H41F3O2/c1-2-3-4-5-6-8-14-19-24(26(27,28)29)20-15-9-7-10-16-21-25(30)31-22-23-17-12-11-13-18-23/h11-13,17-18,24H,2-10,14-16,19-22H2,1H3. The molecule has 0 heterocycles. The lowest BCUT2D eigenvalue weighted by atomic mass is 9.93. The number of carbonyl (C=O) groups is 1. The molecule has 0 aliphatic rings. The number of ether oxygens (including phenoxy) is 1. The van der Waals surface area contributed by atoms with E-state index in [1.807, 2.05) is 30.3 Å². The zero-order chi connectivity index (χ0) is 22.8. The molecule has 0 saturated heterocycles. The number of rotatable bonds is 18. The monoisotopic (exact) mass is 442 g/mol. The van der Waals surface area contributed by atoms with Crippen molar-refractivity contribution >= 4 is 5.97 Å². The van der Waals surface area contributed by atoms with Gasteiger partial charge in [-0.05, 0) is 24.8 Å². The van der Waals surface area contributed by atoms with Crippen LogP contribution in [0.4, 0.5) is 13.2 Å². The van der Waals surface area contributed by atoms with E-state index < -0.39 is 12.1 Å². The highest BCUT2D eigenvalue weighted by molar-refractivity contribution is 5.69. The van der Waals surface area contributed by atoms with Crippen LogP contribution in [0, 0.1) is 5.92 Å². The van der Waals surface area contributed by atoms with Gasteiger partial charge in [-0.15, -0.1) is 0 Å². The van der Waals surface area contributed by atoms with E-state index in [0.717, 1.165) is 50.5 Å². The second-order valence-electron chi connectivity index (χ2n) is 8.60. The lowest BCUT2D eigenvalue weighted by Crippen LogP contribution is -2.22. The lowest BCUT2D eigenvalue weighted by molar-refractivity contribution is -0.178. The number of alkyl halides is 3. The zero-order valence-electron chi connectivity index (χ0n) is 19.2. The summed E-state index contributed by atoms with van der Waals surface area (Å²) in [5.74, 6) is -1.37. The normalized spacial score (nSPS) is 12.6. The molecule has 0 amide bonds. The summed E-state index contributed by atoms with van der Waals surface area (Å²) in [5, 5.41) is 0. The van der Waals surface area contributed by atoms with Crippen molar-refractivity contribution in [3.05, 3.63) is 35.9 Å². The largest absolute Gasteiger partial charge is 0.461 e. The van der Waals surface area contributed by atoms with E-state index in [9.17, 15) is 18.0 Å². The fraction of sp³-hybridized carbons (Fsp3) is 0.731. The highest BCUT2D eigenvalue weighted by Crippen LogP contribution is 2.34. The maximum absolute atomic E-state index is 13.3. The number of esters is 1. The van der Waals surface area contributed by atoms with Gasteiger partial charge in [0, 0.05) is 6.42 Å². The maximum Gasteiger partial charge on any atom is 0.391 e. The first-order valence-electron chi connectivity index (χ1n) is 12.2. The zero-order valence-corrected chi connectivity index (χ0v) is 19.2. The summed E-state index contributed by atoms with van der Waals surface area (Å²) in [5.41, 5.74) is 0.964. The summed E-state index contributed by atoms with van der Waals surface area (Å²) >= 11 is 0. The molecule has 2 nitrogen and oxygen atoms in total. The minimum atomic E-state index is -4.08. The molecule has 0 saturated carbocycles. The summed E-state index contributed by atoms with van der Waals surface area (Å²) in [6, 6.07) is 9.55. The Morgan fingerprint density at radius 2 is 1.32 bits per heavy atom. The van der Waals surface area contributed by atoms with Gasteiger partial charge in [-0.25, -0.2) is 0 Å². The van der Waals surface area contributed by atoms with Crippen LogP contribution in [0.5, 0.6) is 0 Å². The Hall–Kier alpha value is -1.52. The van der Waals surface area contributed by atoms with Gasteiger partial charge in [0.1, 0.15) is 6.61 Å². The molecule has 1 rings (SSSR count). The Kier molecular flexibility index (Phi) is 15.2. The molecule has 1 aromatic carbocycles. The molecule has 1 atom stereocenters. The molecule has 0 spiro atoms. The fourth-order valence-corrected chi connectivity index (χ4v) is 3.82. The summed E-state index contributed by atoms with van der Waals surface area (Å²) in [4.78, 5) is 11.8. The van der Waals surface area contributed by atoms with Gasteiger partial charge in [0.15, 0.2) is 0 Å². The summed E-state index contributed by atoms with van der Waals surface area (Å²) in [7, 11) is 0. The fourth-order valence-electron chi connectivity index (χ4n) is 3.82. The topological polar surface area (TPSA) is 26.3 Å². The van der Waals surface area contributed by atoms with Crippen molar-refractivity contribution in [1.29, 1.82) is 0 Å². The third-order valence-corrected chi connectivity index (χ3v) is 5.80. The van der Waals surface area contributed by atoms with Gasteiger partial charge in [0.2, 0.25) is 0 Å². The van der Waals surface area contributed by atoms with Gasteiger partial charge in [0.05, 0.1) is 5.92 Å². The van der Waals surface area contributed by atoms with Gasteiger partial charge in [-0.1, -0.05) is 108 Å². The van der Waals surface area contributed by atoms with Crippen LogP contribution in [0.25, 0.3) is 0 Å². The van der Waals surface area contributed by atoms with Crippen LogP contribution < -0.4 is 0 Å². The molecule has 31 heavy (non-hydrogen) atoms. The van der Waals surface area contributed by atoms with Gasteiger partial charge in [-0.3, -0.25) is 4.79 Å². The highest BCUT2D eigenvalue weighted by Gasteiger charge is 2.38. The first-order chi connectivity index (χ1) is 14.9. The van der Waals surface area contributed by atoms with E-state index in [4.69, 9.17) is 4.74 Å². The lowest BCUT2D eigenvalue weighted by Gasteiger charge is -2.20. The van der Waals surface area contributed by atoms with Crippen molar-refractivity contribution < 1.29 is 22.7 Å². The van der Waals surface area contributed by atoms with E-state index in [2.05, 4.69) is 6.92 Å². The van der Waals surface area contributed by atoms with Crippen LogP contribution in [0.1, 0.15) is 109 Å². The second kappa shape index (κ2) is 17.1. The number of hydrogen-bond donors (Lipinski definition) is 0. The molecular formula is C26H41F3O2. The molecule has 178 valence electrons. The number of halogens is 3. The Balaban J connectivity index is 2.05. The molecule has 0 bridgehead atoms. The SMILES string of the molecule is CCCCCCCCCC(CCCCCCCC(=O)OCc1ccccc1)C(F)(F)F. The van der Waals surface area contributed by atoms with Gasteiger partial charge < -0.3 is 4.74 Å². The predicted octanol–water partition coefficient (Wildman–Crippen LogP) is 8.78. The minimum Gasteiger partial charge on any atom is -0.461 e. The van der Waals surface area contributed by atoms with Crippen molar-refractivity contribution in [3.63, 3.8) is 0 Å². The molecule has 0 radical (unpaired) electrons. The third kappa shape index (κ3) is 15.0. The Labute approximate surface area is 187 Å². The first-order valence-corrected chi connectivity index (χ1v) is 12.2. The molecule has 0 aromatic heterocycles. The van der Waals surface area contributed by atoms with Crippen LogP contribution in [0.2, 0.25) is 0 Å². The summed E-state index contributed by atoms with van der Waals surface area (Å²) < 4.78 is 45.0. The molecule has 0 fully saturated rings. The number of carbonyl (C=O) groups excluding carboxylic acids is 1. The summed E-state index contributed by atoms with van der Waals surface area (Å²) in [6.07, 6.45) is 8.06. The summed E-state index contributed by atoms with van der Waals surface area (Å²) in [6.45, 7) is 2.45. The predicted molar refractivity (Wildman–Crippen MR) is 121 cm³/mol. The van der Waals surface area contributed by atoms with Crippen molar-refractivity contribution in [3.8, 4) is 0 Å². The first kappa shape index (κ1) is 27.5. The molecule has 1 aromatic rings. The van der Waals surface area contributed by atoms with Crippen LogP contribution in [-0.4, -0.2) is 12.1 Å². The maximum atomic E-state index is 13.3. The van der Waals surface area contributed by atoms with E-state index in [1.54, 1.807) is 0 Å². The Bertz CT molecular complexity index is 558.